The summed E-state index contributed by atoms with van der Waals surface area (Å²) in [4.78, 5) is 33.1. The number of carbonyl (C=O) groups excluding carboxylic acids is 2. The Bertz CT molecular complexity index is 1400. The number of hydrogen-bond acceptors (Lipinski definition) is 5. The number of hydrazone groups is 1. The molecule has 0 fully saturated rings. The molecule has 3 N–H and O–H groups in total. The van der Waals surface area contributed by atoms with E-state index in [1.807, 2.05) is 54.6 Å². The van der Waals surface area contributed by atoms with Gasteiger partial charge in [-0.3, -0.25) is 14.6 Å². The third kappa shape index (κ3) is 3.45. The van der Waals surface area contributed by atoms with Gasteiger partial charge in [0.2, 0.25) is 0 Å². The minimum atomic E-state index is -0.551. The lowest BCUT2D eigenvalue weighted by Crippen LogP contribution is -2.28. The molecular weight excluding hydrogens is 402 g/mol. The van der Waals surface area contributed by atoms with Crippen LogP contribution < -0.4 is 5.73 Å². The number of hydrogen-bond donors (Lipinski definition) is 2. The highest BCUT2D eigenvalue weighted by Gasteiger charge is 2.30. The minimum absolute atomic E-state index is 0.0625. The molecule has 0 atom stereocenters. The molecule has 156 valence electrons. The van der Waals surface area contributed by atoms with E-state index < -0.39 is 11.8 Å². The van der Waals surface area contributed by atoms with Crippen molar-refractivity contribution >= 4 is 40.5 Å². The first-order chi connectivity index (χ1) is 15.6. The molecule has 0 radical (unpaired) electrons. The van der Waals surface area contributed by atoms with E-state index in [2.05, 4.69) is 15.1 Å². The molecule has 0 bridgehead atoms. The van der Waals surface area contributed by atoms with Crippen molar-refractivity contribution in [1.29, 1.82) is 0 Å². The van der Waals surface area contributed by atoms with Crippen LogP contribution in [0.4, 0.5) is 5.69 Å². The van der Waals surface area contributed by atoms with Crippen molar-refractivity contribution in [2.75, 3.05) is 0 Å². The molecule has 7 nitrogen and oxygen atoms in total. The fourth-order valence-electron chi connectivity index (χ4n) is 3.75. The van der Waals surface area contributed by atoms with Crippen LogP contribution in [0.3, 0.4) is 0 Å². The van der Waals surface area contributed by atoms with Crippen LogP contribution in [0.2, 0.25) is 0 Å². The smallest absolute Gasteiger partial charge is 0.283 e. The maximum Gasteiger partial charge on any atom is 0.283 e. The molecule has 2 amide bonds. The van der Waals surface area contributed by atoms with E-state index in [0.29, 0.717) is 5.69 Å². The molecule has 2 heterocycles. The number of para-hydroxylation sites is 2. The van der Waals surface area contributed by atoms with Gasteiger partial charge in [0.15, 0.2) is 0 Å². The standard InChI is InChI=1S/C25H19N5O2/c26-22-14-23(31)30(29-22)25(32)18-11-5-6-12-20(18)27-15-19-17-10-4-7-13-21(17)28-24(19)16-8-2-1-3-9-16/h1-13,15,28H,14H2,(H2,26,29). The van der Waals surface area contributed by atoms with E-state index in [0.717, 1.165) is 32.7 Å². The molecular formula is C25H19N5O2. The van der Waals surface area contributed by atoms with Gasteiger partial charge in [-0.1, -0.05) is 60.7 Å². The maximum absolute atomic E-state index is 12.9. The van der Waals surface area contributed by atoms with Gasteiger partial charge in [-0.05, 0) is 23.8 Å². The van der Waals surface area contributed by atoms with E-state index in [9.17, 15) is 9.59 Å². The number of H-pyrrole nitrogens is 1. The number of nitrogens with zero attached hydrogens (tertiary/aromatic N) is 3. The number of amides is 2. The molecule has 1 aliphatic heterocycles. The van der Waals surface area contributed by atoms with Crippen LogP contribution in [0.15, 0.2) is 89.0 Å². The first-order valence-corrected chi connectivity index (χ1v) is 10.1. The second-order valence-corrected chi connectivity index (χ2v) is 7.38. The van der Waals surface area contributed by atoms with Crippen molar-refractivity contribution in [2.45, 2.75) is 6.42 Å². The number of fused-ring (bicyclic) bond motifs is 1. The van der Waals surface area contributed by atoms with Crippen molar-refractivity contribution in [3.63, 3.8) is 0 Å². The minimum Gasteiger partial charge on any atom is -0.385 e. The van der Waals surface area contributed by atoms with E-state index in [-0.39, 0.29) is 17.8 Å². The Morgan fingerprint density at radius 1 is 1.00 bits per heavy atom. The molecule has 0 unspecified atom stereocenters. The molecule has 3 aromatic carbocycles. The van der Waals surface area contributed by atoms with Crippen molar-refractivity contribution in [2.24, 2.45) is 15.8 Å². The van der Waals surface area contributed by atoms with Crippen LogP contribution in [0.5, 0.6) is 0 Å². The van der Waals surface area contributed by atoms with Gasteiger partial charge in [-0.25, -0.2) is 0 Å². The molecule has 32 heavy (non-hydrogen) atoms. The lowest BCUT2D eigenvalue weighted by atomic mass is 10.1. The summed E-state index contributed by atoms with van der Waals surface area (Å²) in [5.41, 5.74) is 10.2. The first kappa shape index (κ1) is 19.4. The van der Waals surface area contributed by atoms with Gasteiger partial charge in [0.05, 0.1) is 23.4 Å². The van der Waals surface area contributed by atoms with Gasteiger partial charge in [-0.2, -0.15) is 5.01 Å². The van der Waals surface area contributed by atoms with Gasteiger partial charge < -0.3 is 10.7 Å². The summed E-state index contributed by atoms with van der Waals surface area (Å²) in [6, 6.07) is 24.8. The Balaban J connectivity index is 1.58. The summed E-state index contributed by atoms with van der Waals surface area (Å²) in [5.74, 6) is -0.879. The summed E-state index contributed by atoms with van der Waals surface area (Å²) in [6.07, 6.45) is 1.68. The van der Waals surface area contributed by atoms with Crippen molar-refractivity contribution in [3.8, 4) is 11.3 Å². The number of nitrogens with one attached hydrogen (secondary N) is 1. The number of benzene rings is 3. The number of imide groups is 1. The van der Waals surface area contributed by atoms with Gasteiger partial charge in [0, 0.05) is 22.7 Å². The van der Waals surface area contributed by atoms with E-state index >= 15 is 0 Å². The number of aromatic nitrogens is 1. The third-order valence-electron chi connectivity index (χ3n) is 5.27. The zero-order valence-corrected chi connectivity index (χ0v) is 17.0. The molecule has 0 aliphatic carbocycles. The van der Waals surface area contributed by atoms with Crippen LogP contribution in [0.1, 0.15) is 22.3 Å². The summed E-state index contributed by atoms with van der Waals surface area (Å²) in [6.45, 7) is 0. The SMILES string of the molecule is NC1=NN(C(=O)c2ccccc2N=Cc2c(-c3ccccc3)[nH]c3ccccc23)C(=O)C1. The number of rotatable bonds is 4. The molecule has 1 aromatic heterocycles. The third-order valence-corrected chi connectivity index (χ3v) is 5.27. The highest BCUT2D eigenvalue weighted by molar-refractivity contribution is 6.15. The second kappa shape index (κ2) is 7.96. The highest BCUT2D eigenvalue weighted by Crippen LogP contribution is 2.30. The summed E-state index contributed by atoms with van der Waals surface area (Å²) in [5, 5.41) is 5.69. The fraction of sp³-hybridized carbons (Fsp3) is 0.0400. The van der Waals surface area contributed by atoms with E-state index in [1.54, 1.807) is 30.5 Å². The van der Waals surface area contributed by atoms with Crippen LogP contribution in [-0.4, -0.2) is 33.9 Å². The van der Waals surface area contributed by atoms with Crippen molar-refractivity contribution < 1.29 is 9.59 Å². The summed E-state index contributed by atoms with van der Waals surface area (Å²) >= 11 is 0. The molecule has 0 spiro atoms. The average Bonchev–Trinajstić information content (AvgIpc) is 3.37. The lowest BCUT2D eigenvalue weighted by molar-refractivity contribution is -0.126. The van der Waals surface area contributed by atoms with Gasteiger partial charge in [-0.15, -0.1) is 5.10 Å². The molecule has 0 saturated carbocycles. The van der Waals surface area contributed by atoms with Gasteiger partial charge >= 0.3 is 0 Å². The fourth-order valence-corrected chi connectivity index (χ4v) is 3.75. The van der Waals surface area contributed by atoms with Crippen LogP contribution in [0.25, 0.3) is 22.2 Å². The van der Waals surface area contributed by atoms with E-state index in [1.165, 1.54) is 0 Å². The number of carbonyl (C=O) groups is 2. The normalized spacial score (nSPS) is 13.8. The lowest BCUT2D eigenvalue weighted by Gasteiger charge is -2.11. The number of nitrogens with two attached hydrogens (primary N) is 1. The monoisotopic (exact) mass is 421 g/mol. The number of amidine groups is 1. The average molecular weight is 421 g/mol. The Labute approximate surface area is 183 Å². The van der Waals surface area contributed by atoms with Gasteiger partial charge in [0.1, 0.15) is 5.84 Å². The number of aliphatic imine (C=N–C) groups is 1. The zero-order chi connectivity index (χ0) is 22.1. The molecule has 7 heteroatoms. The van der Waals surface area contributed by atoms with Crippen LogP contribution >= 0.6 is 0 Å². The topological polar surface area (TPSA) is 104 Å². The molecule has 4 aromatic rings. The van der Waals surface area contributed by atoms with Crippen molar-refractivity contribution in [1.82, 2.24) is 9.99 Å². The highest BCUT2D eigenvalue weighted by atomic mass is 16.2. The summed E-state index contributed by atoms with van der Waals surface area (Å²) < 4.78 is 0. The maximum atomic E-state index is 12.9. The number of aromatic amines is 1. The second-order valence-electron chi connectivity index (χ2n) is 7.38. The van der Waals surface area contributed by atoms with Gasteiger partial charge in [0.25, 0.3) is 11.8 Å². The predicted molar refractivity (Wildman–Crippen MR) is 125 cm³/mol. The van der Waals surface area contributed by atoms with Crippen molar-refractivity contribution in [3.05, 3.63) is 90.0 Å². The Hall–Kier alpha value is -4.52. The Morgan fingerprint density at radius 3 is 2.50 bits per heavy atom. The quantitative estimate of drug-likeness (QED) is 0.381. The molecule has 1 aliphatic rings. The van der Waals surface area contributed by atoms with Crippen LogP contribution in [-0.2, 0) is 4.79 Å². The zero-order valence-electron chi connectivity index (χ0n) is 17.0. The summed E-state index contributed by atoms with van der Waals surface area (Å²) in [7, 11) is 0. The largest absolute Gasteiger partial charge is 0.385 e. The van der Waals surface area contributed by atoms with Crippen LogP contribution in [0, 0.1) is 0 Å². The Morgan fingerprint density at radius 2 is 1.72 bits per heavy atom. The Kier molecular flexibility index (Phi) is 4.84. The predicted octanol–water partition coefficient (Wildman–Crippen LogP) is 4.23. The first-order valence-electron chi connectivity index (χ1n) is 10.1. The molecule has 5 rings (SSSR count). The van der Waals surface area contributed by atoms with E-state index in [4.69, 9.17) is 5.73 Å². The molecule has 0 saturated heterocycles.